The fourth-order valence-corrected chi connectivity index (χ4v) is 3.96. The molecule has 32 heavy (non-hydrogen) atoms. The summed E-state index contributed by atoms with van der Waals surface area (Å²) in [6.45, 7) is 5.75. The van der Waals surface area contributed by atoms with Gasteiger partial charge in [-0.2, -0.15) is 0 Å². The number of urea groups is 1. The summed E-state index contributed by atoms with van der Waals surface area (Å²) in [6, 6.07) is 23.9. The fraction of sp³-hybridized carbons (Fsp3) is 0.296. The third kappa shape index (κ3) is 7.34. The van der Waals surface area contributed by atoms with Crippen molar-refractivity contribution in [2.75, 3.05) is 5.32 Å². The first kappa shape index (κ1) is 23.2. The van der Waals surface area contributed by atoms with Gasteiger partial charge in [-0.1, -0.05) is 60.7 Å². The van der Waals surface area contributed by atoms with Crippen LogP contribution in [0.1, 0.15) is 35.9 Å². The second-order valence-corrected chi connectivity index (χ2v) is 8.44. The Balaban J connectivity index is 1.61. The van der Waals surface area contributed by atoms with E-state index in [2.05, 4.69) is 39.9 Å². The highest BCUT2D eigenvalue weighted by Gasteiger charge is 2.19. The highest BCUT2D eigenvalue weighted by atomic mass is 16.2. The standard InChI is InChI=1S/C27H32N4O/c1-19-14-25(15-20(2)29-19)31-27(32)30-21(3)16-26(28)24(17-22-10-6-4-7-11-22)18-23-12-8-5-9-13-23/h4-15,21,24,28H,16-18H2,1-3H3,(H2,29,30,31,32)/t21-/m0/s1. The van der Waals surface area contributed by atoms with Crippen LogP contribution in [-0.4, -0.2) is 22.8 Å². The Labute approximate surface area is 190 Å². The molecule has 3 aromatic rings. The number of hydrogen-bond donors (Lipinski definition) is 3. The number of pyridine rings is 1. The number of hydrogen-bond acceptors (Lipinski definition) is 3. The minimum atomic E-state index is -0.266. The lowest BCUT2D eigenvalue weighted by molar-refractivity contribution is 0.249. The van der Waals surface area contributed by atoms with Gasteiger partial charge in [0, 0.05) is 41.2 Å². The normalized spacial score (nSPS) is 11.8. The molecule has 0 fully saturated rings. The Bertz CT molecular complexity index is 972. The summed E-state index contributed by atoms with van der Waals surface area (Å²) in [5.41, 5.74) is 5.54. The zero-order chi connectivity index (χ0) is 22.9. The molecule has 1 atom stereocenters. The van der Waals surface area contributed by atoms with Crippen LogP contribution in [0.2, 0.25) is 0 Å². The Hall–Kier alpha value is -3.47. The second kappa shape index (κ2) is 11.2. The molecular weight excluding hydrogens is 396 g/mol. The predicted molar refractivity (Wildman–Crippen MR) is 131 cm³/mol. The van der Waals surface area contributed by atoms with Crippen molar-refractivity contribution in [2.24, 2.45) is 5.92 Å². The molecule has 5 heteroatoms. The average Bonchev–Trinajstić information content (AvgIpc) is 2.73. The molecule has 0 aliphatic rings. The van der Waals surface area contributed by atoms with Gasteiger partial charge in [-0.25, -0.2) is 4.79 Å². The van der Waals surface area contributed by atoms with Crippen LogP contribution in [0.3, 0.4) is 0 Å². The SMILES string of the molecule is Cc1cc(NC(=O)N[C@@H](C)CC(=N)C(Cc2ccccc2)Cc2ccccc2)cc(C)n1. The van der Waals surface area contributed by atoms with Crippen molar-refractivity contribution in [3.8, 4) is 0 Å². The maximum atomic E-state index is 12.5. The number of carbonyl (C=O) groups excluding carboxylic acids is 1. The van der Waals surface area contributed by atoms with Gasteiger partial charge in [0.15, 0.2) is 0 Å². The second-order valence-electron chi connectivity index (χ2n) is 8.44. The first-order valence-electron chi connectivity index (χ1n) is 11.1. The van der Waals surface area contributed by atoms with Crippen LogP contribution >= 0.6 is 0 Å². The number of carbonyl (C=O) groups is 1. The third-order valence-electron chi connectivity index (χ3n) is 5.39. The van der Waals surface area contributed by atoms with Gasteiger partial charge in [-0.05, 0) is 56.9 Å². The molecule has 0 radical (unpaired) electrons. The third-order valence-corrected chi connectivity index (χ3v) is 5.39. The zero-order valence-electron chi connectivity index (χ0n) is 19.1. The molecule has 0 spiro atoms. The summed E-state index contributed by atoms with van der Waals surface area (Å²) in [5, 5.41) is 14.7. The lowest BCUT2D eigenvalue weighted by Crippen LogP contribution is -2.38. The number of nitrogens with zero attached hydrogens (tertiary/aromatic N) is 1. The van der Waals surface area contributed by atoms with Gasteiger partial charge in [-0.15, -0.1) is 0 Å². The summed E-state index contributed by atoms with van der Waals surface area (Å²) in [7, 11) is 0. The van der Waals surface area contributed by atoms with E-state index >= 15 is 0 Å². The average molecular weight is 429 g/mol. The van der Waals surface area contributed by atoms with E-state index in [1.165, 1.54) is 11.1 Å². The fourth-order valence-electron chi connectivity index (χ4n) is 3.96. The van der Waals surface area contributed by atoms with Crippen LogP contribution in [0.15, 0.2) is 72.8 Å². The number of aromatic nitrogens is 1. The molecule has 0 saturated carbocycles. The van der Waals surface area contributed by atoms with Crippen LogP contribution in [0, 0.1) is 25.2 Å². The number of rotatable bonds is 9. The van der Waals surface area contributed by atoms with Gasteiger partial charge < -0.3 is 16.0 Å². The van der Waals surface area contributed by atoms with Crippen molar-refractivity contribution in [2.45, 2.75) is 46.1 Å². The van der Waals surface area contributed by atoms with Crippen LogP contribution in [-0.2, 0) is 12.8 Å². The van der Waals surface area contributed by atoms with Crippen LogP contribution in [0.25, 0.3) is 0 Å². The van der Waals surface area contributed by atoms with Gasteiger partial charge in [0.25, 0.3) is 0 Å². The minimum Gasteiger partial charge on any atom is -0.335 e. The predicted octanol–water partition coefficient (Wildman–Crippen LogP) is 5.72. The molecule has 166 valence electrons. The number of anilines is 1. The molecule has 2 aromatic carbocycles. The quantitative estimate of drug-likeness (QED) is 0.381. The summed E-state index contributed by atoms with van der Waals surface area (Å²) in [6.07, 6.45) is 2.12. The number of benzene rings is 2. The zero-order valence-corrected chi connectivity index (χ0v) is 19.1. The van der Waals surface area contributed by atoms with Crippen molar-refractivity contribution in [1.82, 2.24) is 10.3 Å². The van der Waals surface area contributed by atoms with Crippen molar-refractivity contribution in [3.05, 3.63) is 95.3 Å². The molecule has 0 unspecified atom stereocenters. The Morgan fingerprint density at radius 3 is 1.91 bits per heavy atom. The maximum absolute atomic E-state index is 12.5. The van der Waals surface area contributed by atoms with Crippen molar-refractivity contribution in [1.29, 1.82) is 5.41 Å². The summed E-state index contributed by atoms with van der Waals surface area (Å²) >= 11 is 0. The molecule has 2 amide bonds. The van der Waals surface area contributed by atoms with E-state index in [1.807, 2.05) is 69.3 Å². The smallest absolute Gasteiger partial charge is 0.319 e. The lowest BCUT2D eigenvalue weighted by Gasteiger charge is -2.22. The van der Waals surface area contributed by atoms with E-state index < -0.39 is 0 Å². The van der Waals surface area contributed by atoms with Gasteiger partial charge in [0.1, 0.15) is 0 Å². The highest BCUT2D eigenvalue weighted by Crippen LogP contribution is 2.19. The molecule has 1 heterocycles. The number of amides is 2. The Kier molecular flexibility index (Phi) is 8.14. The molecule has 0 aliphatic carbocycles. The number of nitrogens with one attached hydrogen (secondary N) is 3. The van der Waals surface area contributed by atoms with E-state index in [9.17, 15) is 4.79 Å². The Morgan fingerprint density at radius 2 is 1.41 bits per heavy atom. The van der Waals surface area contributed by atoms with Crippen LogP contribution in [0.5, 0.6) is 0 Å². The molecule has 5 nitrogen and oxygen atoms in total. The summed E-state index contributed by atoms with van der Waals surface area (Å²) in [5.74, 6) is 0.0811. The minimum absolute atomic E-state index is 0.0811. The van der Waals surface area contributed by atoms with E-state index in [4.69, 9.17) is 5.41 Å². The monoisotopic (exact) mass is 428 g/mol. The lowest BCUT2D eigenvalue weighted by atomic mass is 9.86. The molecule has 0 aliphatic heterocycles. The number of aryl methyl sites for hydroxylation is 2. The molecule has 3 rings (SSSR count). The van der Waals surface area contributed by atoms with E-state index in [0.717, 1.165) is 29.9 Å². The van der Waals surface area contributed by atoms with Crippen molar-refractivity contribution in [3.63, 3.8) is 0 Å². The van der Waals surface area contributed by atoms with E-state index in [-0.39, 0.29) is 18.0 Å². The van der Waals surface area contributed by atoms with Crippen LogP contribution < -0.4 is 10.6 Å². The molecule has 3 N–H and O–H groups in total. The van der Waals surface area contributed by atoms with Crippen LogP contribution in [0.4, 0.5) is 10.5 Å². The van der Waals surface area contributed by atoms with E-state index in [1.54, 1.807) is 0 Å². The molecular formula is C27H32N4O. The molecule has 0 bridgehead atoms. The maximum Gasteiger partial charge on any atom is 0.319 e. The summed E-state index contributed by atoms with van der Waals surface area (Å²) in [4.78, 5) is 16.8. The van der Waals surface area contributed by atoms with Gasteiger partial charge in [0.2, 0.25) is 0 Å². The Morgan fingerprint density at radius 1 is 0.906 bits per heavy atom. The molecule has 1 aromatic heterocycles. The first-order chi connectivity index (χ1) is 15.4. The highest BCUT2D eigenvalue weighted by molar-refractivity contribution is 5.90. The molecule has 0 saturated heterocycles. The van der Waals surface area contributed by atoms with Crippen molar-refractivity contribution < 1.29 is 4.79 Å². The van der Waals surface area contributed by atoms with Gasteiger partial charge in [0.05, 0.1) is 0 Å². The van der Waals surface area contributed by atoms with Gasteiger partial charge >= 0.3 is 6.03 Å². The largest absolute Gasteiger partial charge is 0.335 e. The first-order valence-corrected chi connectivity index (χ1v) is 11.1. The van der Waals surface area contributed by atoms with Crippen molar-refractivity contribution >= 4 is 17.4 Å². The summed E-state index contributed by atoms with van der Waals surface area (Å²) < 4.78 is 0. The topological polar surface area (TPSA) is 77.9 Å². The van der Waals surface area contributed by atoms with E-state index in [0.29, 0.717) is 12.1 Å². The van der Waals surface area contributed by atoms with Gasteiger partial charge in [-0.3, -0.25) is 4.98 Å².